The van der Waals surface area contributed by atoms with Crippen molar-refractivity contribution < 1.29 is 14.4 Å². The van der Waals surface area contributed by atoms with Gasteiger partial charge in [0.05, 0.1) is 6.04 Å². The van der Waals surface area contributed by atoms with E-state index in [0.29, 0.717) is 11.3 Å². The van der Waals surface area contributed by atoms with Crippen molar-refractivity contribution in [3.05, 3.63) is 52.2 Å². The summed E-state index contributed by atoms with van der Waals surface area (Å²) in [7, 11) is 0. The average molecular weight is 457 g/mol. The Bertz CT molecular complexity index is 983. The first-order chi connectivity index (χ1) is 15.0. The fraction of sp³-hybridized carbons (Fsp3) is 0.364. The van der Waals surface area contributed by atoms with E-state index < -0.39 is 5.25 Å². The number of aliphatic imine (C=N–C) groups is 1. The molecule has 4 rings (SSSR count). The summed E-state index contributed by atoms with van der Waals surface area (Å²) in [5, 5.41) is 8.02. The maximum Gasteiger partial charge on any atom is 0.262 e. The topological polar surface area (TPSA) is 90.9 Å². The maximum absolute atomic E-state index is 12.4. The highest BCUT2D eigenvalue weighted by Crippen LogP contribution is 2.29. The molecule has 2 N–H and O–H groups in total. The molecule has 1 saturated heterocycles. The van der Waals surface area contributed by atoms with Crippen LogP contribution in [0.2, 0.25) is 0 Å². The summed E-state index contributed by atoms with van der Waals surface area (Å²) in [6.07, 6.45) is 2.30. The van der Waals surface area contributed by atoms with Crippen LogP contribution in [-0.2, 0) is 9.59 Å². The van der Waals surface area contributed by atoms with Crippen LogP contribution in [0.3, 0.4) is 0 Å². The summed E-state index contributed by atoms with van der Waals surface area (Å²) in [5.41, 5.74) is 1.11. The fourth-order valence-corrected chi connectivity index (χ4v) is 5.38. The van der Waals surface area contributed by atoms with Crippen molar-refractivity contribution >= 4 is 51.7 Å². The standard InChI is InChI=1S/C22H24N4O3S2/c1-14(17-5-4-12-30-17)23-20(28)15-6-8-16(9-7-15)24-19(27)13-18-21(29)25-22(31-18)26-10-2-3-11-26/h4-9,12,14,18H,2-3,10-11,13H2,1H3,(H,23,28)(H,24,27). The first-order valence-corrected chi connectivity index (χ1v) is 12.0. The van der Waals surface area contributed by atoms with E-state index in [9.17, 15) is 14.4 Å². The first kappa shape index (κ1) is 21.6. The van der Waals surface area contributed by atoms with Crippen molar-refractivity contribution in [1.82, 2.24) is 10.2 Å². The first-order valence-electron chi connectivity index (χ1n) is 10.3. The van der Waals surface area contributed by atoms with Crippen molar-refractivity contribution in [2.45, 2.75) is 37.5 Å². The smallest absolute Gasteiger partial charge is 0.262 e. The van der Waals surface area contributed by atoms with Crippen LogP contribution in [0.15, 0.2) is 46.8 Å². The third kappa shape index (κ3) is 5.34. The Balaban J connectivity index is 1.27. The van der Waals surface area contributed by atoms with Gasteiger partial charge in [-0.2, -0.15) is 4.99 Å². The van der Waals surface area contributed by atoms with Crippen molar-refractivity contribution in [2.75, 3.05) is 18.4 Å². The van der Waals surface area contributed by atoms with Crippen LogP contribution < -0.4 is 10.6 Å². The van der Waals surface area contributed by atoms with Gasteiger partial charge in [0.15, 0.2) is 5.17 Å². The van der Waals surface area contributed by atoms with E-state index in [-0.39, 0.29) is 30.2 Å². The van der Waals surface area contributed by atoms with Crippen LogP contribution in [0.5, 0.6) is 0 Å². The van der Waals surface area contributed by atoms with E-state index in [1.165, 1.54) is 11.8 Å². The van der Waals surface area contributed by atoms with Gasteiger partial charge in [-0.05, 0) is 55.5 Å². The number of rotatable bonds is 6. The quantitative estimate of drug-likeness (QED) is 0.692. The Kier molecular flexibility index (Phi) is 6.72. The Morgan fingerprint density at radius 3 is 2.61 bits per heavy atom. The van der Waals surface area contributed by atoms with E-state index in [2.05, 4.69) is 20.5 Å². The number of hydrogen-bond donors (Lipinski definition) is 2. The number of carbonyl (C=O) groups is 3. The number of thioether (sulfide) groups is 1. The molecule has 0 spiro atoms. The Hall–Kier alpha value is -2.65. The summed E-state index contributed by atoms with van der Waals surface area (Å²) in [6.45, 7) is 3.79. The molecular formula is C22H24N4O3S2. The average Bonchev–Trinajstić information content (AvgIpc) is 3.51. The number of likely N-dealkylation sites (tertiary alicyclic amines) is 1. The van der Waals surface area contributed by atoms with Crippen LogP contribution in [0.1, 0.15) is 47.5 Å². The third-order valence-corrected chi connectivity index (χ3v) is 7.49. The molecule has 0 saturated carbocycles. The second kappa shape index (κ2) is 9.65. The number of anilines is 1. The van der Waals surface area contributed by atoms with E-state index in [1.807, 2.05) is 24.4 Å². The molecule has 31 heavy (non-hydrogen) atoms. The highest BCUT2D eigenvalue weighted by Gasteiger charge is 2.33. The van der Waals surface area contributed by atoms with Gasteiger partial charge < -0.3 is 15.5 Å². The van der Waals surface area contributed by atoms with Crippen LogP contribution in [0.25, 0.3) is 0 Å². The van der Waals surface area contributed by atoms with Gasteiger partial charge in [-0.1, -0.05) is 17.8 Å². The number of hydrogen-bond acceptors (Lipinski definition) is 6. The van der Waals surface area contributed by atoms with E-state index in [1.54, 1.807) is 35.6 Å². The van der Waals surface area contributed by atoms with Gasteiger partial charge in [-0.15, -0.1) is 11.3 Å². The van der Waals surface area contributed by atoms with E-state index >= 15 is 0 Å². The normalized spacial score (nSPS) is 19.3. The Labute approximate surface area is 189 Å². The highest BCUT2D eigenvalue weighted by atomic mass is 32.2. The molecule has 2 atom stereocenters. The van der Waals surface area contributed by atoms with Gasteiger partial charge in [0.1, 0.15) is 5.25 Å². The highest BCUT2D eigenvalue weighted by molar-refractivity contribution is 8.15. The van der Waals surface area contributed by atoms with Gasteiger partial charge in [-0.25, -0.2) is 0 Å². The van der Waals surface area contributed by atoms with Crippen LogP contribution in [0, 0.1) is 0 Å². The third-order valence-electron chi connectivity index (χ3n) is 5.22. The van der Waals surface area contributed by atoms with Gasteiger partial charge in [0.2, 0.25) is 5.91 Å². The summed E-state index contributed by atoms with van der Waals surface area (Å²) >= 11 is 2.98. The molecule has 2 aliphatic heterocycles. The zero-order valence-electron chi connectivity index (χ0n) is 17.2. The minimum Gasteiger partial charge on any atom is -0.351 e. The molecule has 2 aliphatic rings. The molecular weight excluding hydrogens is 432 g/mol. The second-order valence-electron chi connectivity index (χ2n) is 7.57. The lowest BCUT2D eigenvalue weighted by molar-refractivity contribution is -0.121. The number of thiophene rings is 1. The lowest BCUT2D eigenvalue weighted by Crippen LogP contribution is -2.26. The zero-order valence-corrected chi connectivity index (χ0v) is 18.8. The summed E-state index contributed by atoms with van der Waals surface area (Å²) in [4.78, 5) is 44.4. The minimum absolute atomic E-state index is 0.0685. The van der Waals surface area contributed by atoms with Crippen molar-refractivity contribution in [2.24, 2.45) is 4.99 Å². The molecule has 1 aromatic carbocycles. The SMILES string of the molecule is CC(NC(=O)c1ccc(NC(=O)CC2SC(N3CCCC3)=NC2=O)cc1)c1cccs1. The molecule has 0 aliphatic carbocycles. The monoisotopic (exact) mass is 456 g/mol. The molecule has 9 heteroatoms. The van der Waals surface area contributed by atoms with Gasteiger partial charge in [0.25, 0.3) is 11.8 Å². The number of nitrogens with zero attached hydrogens (tertiary/aromatic N) is 2. The largest absolute Gasteiger partial charge is 0.351 e. The van der Waals surface area contributed by atoms with Gasteiger partial charge in [0, 0.05) is 35.6 Å². The molecule has 1 aromatic heterocycles. The number of carbonyl (C=O) groups excluding carboxylic acids is 3. The number of nitrogens with one attached hydrogen (secondary N) is 2. The van der Waals surface area contributed by atoms with Crippen LogP contribution >= 0.6 is 23.1 Å². The molecule has 162 valence electrons. The summed E-state index contributed by atoms with van der Waals surface area (Å²) in [5.74, 6) is -0.653. The number of amides is 3. The van der Waals surface area contributed by atoms with E-state index in [4.69, 9.17) is 0 Å². The van der Waals surface area contributed by atoms with Gasteiger partial charge >= 0.3 is 0 Å². The molecule has 3 heterocycles. The number of amidine groups is 1. The predicted octanol–water partition coefficient (Wildman–Crippen LogP) is 3.66. The van der Waals surface area contributed by atoms with Crippen LogP contribution in [-0.4, -0.2) is 46.1 Å². The van der Waals surface area contributed by atoms with Crippen LogP contribution in [0.4, 0.5) is 5.69 Å². The summed E-state index contributed by atoms with van der Waals surface area (Å²) < 4.78 is 0. The van der Waals surface area contributed by atoms with Crippen molar-refractivity contribution in [3.63, 3.8) is 0 Å². The predicted molar refractivity (Wildman–Crippen MR) is 125 cm³/mol. The molecule has 0 radical (unpaired) electrons. The molecule has 2 aromatic rings. The van der Waals surface area contributed by atoms with Gasteiger partial charge in [-0.3, -0.25) is 14.4 Å². The molecule has 1 fully saturated rings. The fourth-order valence-electron chi connectivity index (χ4n) is 3.53. The zero-order chi connectivity index (χ0) is 21.8. The van der Waals surface area contributed by atoms with E-state index in [0.717, 1.165) is 36.0 Å². The Morgan fingerprint density at radius 2 is 1.94 bits per heavy atom. The number of benzene rings is 1. The second-order valence-corrected chi connectivity index (χ2v) is 9.72. The maximum atomic E-state index is 12.4. The lowest BCUT2D eigenvalue weighted by atomic mass is 10.1. The van der Waals surface area contributed by atoms with Crippen molar-refractivity contribution in [1.29, 1.82) is 0 Å². The van der Waals surface area contributed by atoms with Crippen molar-refractivity contribution in [3.8, 4) is 0 Å². The molecule has 7 nitrogen and oxygen atoms in total. The lowest BCUT2D eigenvalue weighted by Gasteiger charge is -2.16. The Morgan fingerprint density at radius 1 is 1.19 bits per heavy atom. The molecule has 0 bridgehead atoms. The summed E-state index contributed by atoms with van der Waals surface area (Å²) in [6, 6.07) is 10.6. The molecule has 3 amide bonds. The minimum atomic E-state index is -0.473. The molecule has 2 unspecified atom stereocenters.